The van der Waals surface area contributed by atoms with E-state index in [9.17, 15) is 9.59 Å². The minimum absolute atomic E-state index is 0.144. The van der Waals surface area contributed by atoms with Crippen molar-refractivity contribution in [2.45, 2.75) is 32.6 Å². The van der Waals surface area contributed by atoms with Gasteiger partial charge in [-0.15, -0.1) is 0 Å². The molecule has 0 radical (unpaired) electrons. The highest BCUT2D eigenvalue weighted by atomic mass is 16.4. The Bertz CT molecular complexity index is 494. The van der Waals surface area contributed by atoms with E-state index in [4.69, 9.17) is 10.8 Å². The van der Waals surface area contributed by atoms with Crippen molar-refractivity contribution < 1.29 is 14.7 Å². The molecule has 96 valence electrons. The van der Waals surface area contributed by atoms with Gasteiger partial charge in [-0.1, -0.05) is 18.2 Å². The summed E-state index contributed by atoms with van der Waals surface area (Å²) in [5.74, 6) is -1.97. The molecule has 0 heterocycles. The number of carbonyl (C=O) groups excluding carboxylic acids is 1. The lowest BCUT2D eigenvalue weighted by molar-refractivity contribution is -0.153. The molecule has 0 bridgehead atoms. The van der Waals surface area contributed by atoms with Crippen molar-refractivity contribution in [2.75, 3.05) is 0 Å². The van der Waals surface area contributed by atoms with Crippen molar-refractivity contribution in [3.63, 3.8) is 0 Å². The van der Waals surface area contributed by atoms with E-state index < -0.39 is 17.3 Å². The first-order valence-electron chi connectivity index (χ1n) is 6.07. The molecule has 4 nitrogen and oxygen atoms in total. The first kappa shape index (κ1) is 12.6. The lowest BCUT2D eigenvalue weighted by atomic mass is 9.82. The molecule has 4 heteroatoms. The summed E-state index contributed by atoms with van der Waals surface area (Å²) in [6.07, 6.45) is 3.40. The topological polar surface area (TPSA) is 80.4 Å². The summed E-state index contributed by atoms with van der Waals surface area (Å²) < 4.78 is 0. The fourth-order valence-electron chi connectivity index (χ4n) is 2.41. The largest absolute Gasteiger partial charge is 0.480 e. The van der Waals surface area contributed by atoms with Crippen LogP contribution < -0.4 is 5.73 Å². The van der Waals surface area contributed by atoms with Gasteiger partial charge in [0.25, 0.3) is 0 Å². The van der Waals surface area contributed by atoms with Crippen LogP contribution in [0.3, 0.4) is 0 Å². The Labute approximate surface area is 106 Å². The number of hydrogen-bond acceptors (Lipinski definition) is 2. The molecule has 3 N–H and O–H groups in total. The minimum atomic E-state index is -1.53. The lowest BCUT2D eigenvalue weighted by Crippen LogP contribution is -2.43. The number of carbonyl (C=O) groups is 2. The van der Waals surface area contributed by atoms with Crippen molar-refractivity contribution in [1.29, 1.82) is 0 Å². The molecule has 1 aromatic carbocycles. The number of hydrogen-bond donors (Lipinski definition) is 2. The molecule has 0 spiro atoms. The summed E-state index contributed by atoms with van der Waals surface area (Å²) in [7, 11) is 0. The van der Waals surface area contributed by atoms with Crippen LogP contribution >= 0.6 is 0 Å². The van der Waals surface area contributed by atoms with Gasteiger partial charge in [-0.3, -0.25) is 9.59 Å². The van der Waals surface area contributed by atoms with Gasteiger partial charge in [0.2, 0.25) is 5.91 Å². The first-order chi connectivity index (χ1) is 8.43. The molecule has 0 aromatic heterocycles. The van der Waals surface area contributed by atoms with E-state index in [1.54, 1.807) is 0 Å². The van der Waals surface area contributed by atoms with Gasteiger partial charge >= 0.3 is 5.97 Å². The van der Waals surface area contributed by atoms with Crippen LogP contribution in [0.1, 0.15) is 30.0 Å². The normalized spacial score (nSPS) is 16.9. The molecule has 18 heavy (non-hydrogen) atoms. The number of nitrogens with two attached hydrogens (primary N) is 1. The van der Waals surface area contributed by atoms with E-state index >= 15 is 0 Å². The lowest BCUT2D eigenvalue weighted by Gasteiger charge is -2.21. The highest BCUT2D eigenvalue weighted by Gasteiger charge is 2.39. The Morgan fingerprint density at radius 2 is 2.00 bits per heavy atom. The fourth-order valence-corrected chi connectivity index (χ4v) is 2.41. The third kappa shape index (κ3) is 2.10. The first-order valence-corrected chi connectivity index (χ1v) is 6.07. The van der Waals surface area contributed by atoms with Crippen molar-refractivity contribution in [3.8, 4) is 0 Å². The Balaban J connectivity index is 2.28. The van der Waals surface area contributed by atoms with Gasteiger partial charge in [-0.05, 0) is 49.3 Å². The van der Waals surface area contributed by atoms with Crippen LogP contribution in [0.25, 0.3) is 0 Å². The van der Waals surface area contributed by atoms with Crippen molar-refractivity contribution in [2.24, 2.45) is 11.1 Å². The highest BCUT2D eigenvalue weighted by molar-refractivity contribution is 6.00. The van der Waals surface area contributed by atoms with Crippen LogP contribution in [0, 0.1) is 5.41 Å². The number of benzene rings is 1. The van der Waals surface area contributed by atoms with E-state index in [0.717, 1.165) is 24.8 Å². The molecule has 1 aromatic rings. The summed E-state index contributed by atoms with van der Waals surface area (Å²) in [6, 6.07) is 5.93. The monoisotopic (exact) mass is 247 g/mol. The van der Waals surface area contributed by atoms with Crippen molar-refractivity contribution >= 4 is 11.9 Å². The van der Waals surface area contributed by atoms with E-state index in [1.807, 2.05) is 18.2 Å². The fraction of sp³-hybridized carbons (Fsp3) is 0.429. The van der Waals surface area contributed by atoms with Crippen LogP contribution in [0.5, 0.6) is 0 Å². The maximum absolute atomic E-state index is 11.3. The molecular weight excluding hydrogens is 230 g/mol. The van der Waals surface area contributed by atoms with Crippen LogP contribution in [0.2, 0.25) is 0 Å². The van der Waals surface area contributed by atoms with Crippen LogP contribution in [-0.4, -0.2) is 17.0 Å². The Morgan fingerprint density at radius 3 is 2.61 bits per heavy atom. The van der Waals surface area contributed by atoms with Gasteiger partial charge in [-0.25, -0.2) is 0 Å². The number of aryl methyl sites for hydroxylation is 2. The molecular formula is C14H17NO3. The summed E-state index contributed by atoms with van der Waals surface area (Å²) in [5, 5.41) is 9.16. The molecule has 0 saturated heterocycles. The highest BCUT2D eigenvalue weighted by Crippen LogP contribution is 2.27. The molecule has 2 rings (SSSR count). The number of primary amides is 1. The van der Waals surface area contributed by atoms with Crippen molar-refractivity contribution in [3.05, 3.63) is 34.9 Å². The molecule has 1 aliphatic carbocycles. The third-order valence-corrected chi connectivity index (χ3v) is 3.74. The predicted octanol–water partition coefficient (Wildman–Crippen LogP) is 1.29. The molecule has 0 aliphatic heterocycles. The maximum Gasteiger partial charge on any atom is 0.319 e. The second-order valence-corrected chi connectivity index (χ2v) is 5.13. The van der Waals surface area contributed by atoms with Gasteiger partial charge in [0.1, 0.15) is 5.41 Å². The molecule has 1 amide bonds. The quantitative estimate of drug-likeness (QED) is 0.787. The zero-order valence-electron chi connectivity index (χ0n) is 10.4. The number of rotatable bonds is 4. The standard InChI is InChI=1S/C14H17NO3/c1-14(12(15)16,13(17)18)8-9-5-6-10-3-2-4-11(10)7-9/h5-7H,2-4,8H2,1H3,(H2,15,16)(H,17,18). The number of carboxylic acid groups (broad SMARTS) is 1. The number of aliphatic carboxylic acids is 1. The van der Waals surface area contributed by atoms with Gasteiger partial charge in [0, 0.05) is 0 Å². The second-order valence-electron chi connectivity index (χ2n) is 5.13. The second kappa shape index (κ2) is 4.44. The molecule has 1 aliphatic rings. The SMILES string of the molecule is CC(Cc1ccc2c(c1)CCC2)(C(N)=O)C(=O)O. The van der Waals surface area contributed by atoms with Gasteiger partial charge < -0.3 is 10.8 Å². The Hall–Kier alpha value is -1.84. The number of fused-ring (bicyclic) bond motifs is 1. The molecule has 0 fully saturated rings. The zero-order chi connectivity index (χ0) is 13.3. The van der Waals surface area contributed by atoms with E-state index in [0.29, 0.717) is 0 Å². The number of amides is 1. The molecule has 1 atom stereocenters. The van der Waals surface area contributed by atoms with E-state index in [-0.39, 0.29) is 6.42 Å². The van der Waals surface area contributed by atoms with Gasteiger partial charge in [-0.2, -0.15) is 0 Å². The van der Waals surface area contributed by atoms with E-state index in [1.165, 1.54) is 18.1 Å². The van der Waals surface area contributed by atoms with Crippen LogP contribution in [0.15, 0.2) is 18.2 Å². The zero-order valence-corrected chi connectivity index (χ0v) is 10.4. The third-order valence-electron chi connectivity index (χ3n) is 3.74. The van der Waals surface area contributed by atoms with Crippen LogP contribution in [0.4, 0.5) is 0 Å². The van der Waals surface area contributed by atoms with Crippen molar-refractivity contribution in [1.82, 2.24) is 0 Å². The smallest absolute Gasteiger partial charge is 0.319 e. The summed E-state index contributed by atoms with van der Waals surface area (Å²) in [6.45, 7) is 1.38. The summed E-state index contributed by atoms with van der Waals surface area (Å²) in [5.41, 5.74) is 7.14. The number of carboxylic acids is 1. The Kier molecular flexibility index (Phi) is 3.11. The van der Waals surface area contributed by atoms with Crippen LogP contribution in [-0.2, 0) is 28.9 Å². The summed E-state index contributed by atoms with van der Waals surface area (Å²) >= 11 is 0. The van der Waals surface area contributed by atoms with Gasteiger partial charge in [0.15, 0.2) is 0 Å². The Morgan fingerprint density at radius 1 is 1.33 bits per heavy atom. The molecule has 1 unspecified atom stereocenters. The van der Waals surface area contributed by atoms with Gasteiger partial charge in [0.05, 0.1) is 0 Å². The average Bonchev–Trinajstić information content (AvgIpc) is 2.75. The summed E-state index contributed by atoms with van der Waals surface area (Å²) in [4.78, 5) is 22.5. The minimum Gasteiger partial charge on any atom is -0.480 e. The predicted molar refractivity (Wildman–Crippen MR) is 67.1 cm³/mol. The molecule has 0 saturated carbocycles. The maximum atomic E-state index is 11.3. The average molecular weight is 247 g/mol. The van der Waals surface area contributed by atoms with E-state index in [2.05, 4.69) is 0 Å².